The molecular formula is C29H32N5O13-5. The van der Waals surface area contributed by atoms with Gasteiger partial charge in [0, 0.05) is 89.2 Å². The molecular weight excluding hydrogens is 626 g/mol. The van der Waals surface area contributed by atoms with Gasteiger partial charge in [0.25, 0.3) is 11.8 Å². The van der Waals surface area contributed by atoms with Gasteiger partial charge in [0.15, 0.2) is 0 Å². The second kappa shape index (κ2) is 18.7. The summed E-state index contributed by atoms with van der Waals surface area (Å²) in [5, 5.41) is 59.1. The Morgan fingerprint density at radius 2 is 1.15 bits per heavy atom. The zero-order chi connectivity index (χ0) is 35.1. The Bertz CT molecular complexity index is 1310. The van der Waals surface area contributed by atoms with Crippen molar-refractivity contribution in [2.24, 2.45) is 0 Å². The summed E-state index contributed by atoms with van der Waals surface area (Å²) >= 11 is 0. The van der Waals surface area contributed by atoms with Gasteiger partial charge in [-0.05, 0) is 30.5 Å². The summed E-state index contributed by atoms with van der Waals surface area (Å²) in [6.07, 6.45) is 2.45. The standard InChI is InChI=1S/C29H37N5O13/c35-22(2-1-9-34-23(36)7-8-24(34)37)30-20-5-3-19(4-6-20)12-21(33(17-28(44)45)18-29(46)47)13-31(14-25(38)39)10-11-32(15-26(40)41)16-27(42)43/h3-8,21H,1-2,9-18H2,(H,30,35)(H,38,39)(H,40,41)(H,42,43)(H,44,45)(H,46,47)/p-5/t21-/m1/s1. The van der Waals surface area contributed by atoms with Crippen molar-refractivity contribution in [3.8, 4) is 0 Å². The number of nitrogens with zero attached hydrogens (tertiary/aromatic N) is 4. The van der Waals surface area contributed by atoms with Gasteiger partial charge in [-0.2, -0.15) is 0 Å². The molecule has 0 aliphatic carbocycles. The smallest absolute Gasteiger partial charge is 0.253 e. The number of hydrogen-bond acceptors (Lipinski definition) is 16. The first-order valence-electron chi connectivity index (χ1n) is 14.2. The Balaban J connectivity index is 2.17. The van der Waals surface area contributed by atoms with Crippen LogP contribution in [0.15, 0.2) is 36.4 Å². The molecule has 18 heteroatoms. The second-order valence-corrected chi connectivity index (χ2v) is 10.6. The number of rotatable bonds is 23. The van der Waals surface area contributed by atoms with E-state index in [4.69, 9.17) is 0 Å². The number of nitrogens with one attached hydrogen (secondary N) is 1. The molecule has 256 valence electrons. The van der Waals surface area contributed by atoms with Gasteiger partial charge in [-0.15, -0.1) is 0 Å². The predicted octanol–water partition coefficient (Wildman–Crippen LogP) is -8.10. The van der Waals surface area contributed by atoms with Crippen LogP contribution in [0.4, 0.5) is 5.69 Å². The molecule has 1 N–H and O–H groups in total. The monoisotopic (exact) mass is 658 g/mol. The van der Waals surface area contributed by atoms with E-state index < -0.39 is 86.3 Å². The topological polar surface area (TPSA) is 277 Å². The van der Waals surface area contributed by atoms with E-state index in [1.54, 1.807) is 12.1 Å². The van der Waals surface area contributed by atoms with Crippen LogP contribution in [-0.2, 0) is 44.8 Å². The van der Waals surface area contributed by atoms with Crippen LogP contribution in [0.5, 0.6) is 0 Å². The van der Waals surface area contributed by atoms with Gasteiger partial charge in [-0.1, -0.05) is 12.1 Å². The van der Waals surface area contributed by atoms with Crippen LogP contribution < -0.4 is 30.8 Å². The number of aliphatic carboxylic acids is 5. The molecule has 1 aliphatic heterocycles. The molecule has 0 unspecified atom stereocenters. The van der Waals surface area contributed by atoms with E-state index in [9.17, 15) is 63.9 Å². The first kappa shape index (κ1) is 38.0. The molecule has 0 saturated carbocycles. The van der Waals surface area contributed by atoms with Crippen LogP contribution in [0.1, 0.15) is 18.4 Å². The molecule has 1 heterocycles. The third-order valence-corrected chi connectivity index (χ3v) is 6.84. The van der Waals surface area contributed by atoms with Gasteiger partial charge in [0.05, 0.1) is 29.8 Å². The Kier molecular flexibility index (Phi) is 15.1. The highest BCUT2D eigenvalue weighted by Gasteiger charge is 2.24. The average Bonchev–Trinajstić information content (AvgIpc) is 3.27. The highest BCUT2D eigenvalue weighted by molar-refractivity contribution is 6.12. The molecule has 2 rings (SSSR count). The van der Waals surface area contributed by atoms with E-state index in [1.165, 1.54) is 17.0 Å². The molecule has 0 aromatic heterocycles. The Morgan fingerprint density at radius 3 is 1.64 bits per heavy atom. The van der Waals surface area contributed by atoms with Gasteiger partial charge < -0.3 is 54.8 Å². The van der Waals surface area contributed by atoms with E-state index in [2.05, 4.69) is 5.32 Å². The average molecular weight is 659 g/mol. The molecule has 0 spiro atoms. The lowest BCUT2D eigenvalue weighted by Crippen LogP contribution is -2.55. The summed E-state index contributed by atoms with van der Waals surface area (Å²) in [6.45, 7) is -4.91. The largest absolute Gasteiger partial charge is 0.549 e. The van der Waals surface area contributed by atoms with Crippen molar-refractivity contribution in [3.63, 3.8) is 0 Å². The number of carbonyl (C=O) groups is 8. The Morgan fingerprint density at radius 1 is 0.681 bits per heavy atom. The maximum absolute atomic E-state index is 12.4. The van der Waals surface area contributed by atoms with Crippen molar-refractivity contribution in [2.45, 2.75) is 25.3 Å². The van der Waals surface area contributed by atoms with Gasteiger partial charge in [0.2, 0.25) is 5.91 Å². The number of carboxylic acids is 5. The molecule has 1 aromatic carbocycles. The number of hydrogen-bond donors (Lipinski definition) is 1. The van der Waals surface area contributed by atoms with Gasteiger partial charge in [-0.25, -0.2) is 0 Å². The van der Waals surface area contributed by atoms with Gasteiger partial charge in [-0.3, -0.25) is 34.0 Å². The number of anilines is 1. The van der Waals surface area contributed by atoms with E-state index in [-0.39, 0.29) is 45.4 Å². The molecule has 0 saturated heterocycles. The highest BCUT2D eigenvalue weighted by Crippen LogP contribution is 2.16. The fourth-order valence-corrected chi connectivity index (χ4v) is 4.80. The van der Waals surface area contributed by atoms with Crippen LogP contribution in [0, 0.1) is 0 Å². The zero-order valence-corrected chi connectivity index (χ0v) is 25.1. The second-order valence-electron chi connectivity index (χ2n) is 10.6. The van der Waals surface area contributed by atoms with Crippen molar-refractivity contribution in [1.29, 1.82) is 0 Å². The quantitative estimate of drug-likeness (QED) is 0.107. The minimum Gasteiger partial charge on any atom is -0.549 e. The van der Waals surface area contributed by atoms with Crippen molar-refractivity contribution < 1.29 is 63.9 Å². The van der Waals surface area contributed by atoms with Gasteiger partial charge >= 0.3 is 0 Å². The summed E-state index contributed by atoms with van der Waals surface area (Å²) in [6, 6.07) is 5.13. The van der Waals surface area contributed by atoms with E-state index >= 15 is 0 Å². The number of carboxylic acid groups (broad SMARTS) is 5. The van der Waals surface area contributed by atoms with E-state index in [1.807, 2.05) is 0 Å². The van der Waals surface area contributed by atoms with Gasteiger partial charge in [0.1, 0.15) is 0 Å². The number of benzene rings is 1. The van der Waals surface area contributed by atoms with Crippen molar-refractivity contribution in [1.82, 2.24) is 19.6 Å². The summed E-state index contributed by atoms with van der Waals surface area (Å²) in [5.74, 6) is -9.36. The first-order chi connectivity index (χ1) is 22.1. The number of imide groups is 1. The molecule has 3 amide bonds. The molecule has 0 fully saturated rings. The Labute approximate surface area is 268 Å². The predicted molar refractivity (Wildman–Crippen MR) is 147 cm³/mol. The van der Waals surface area contributed by atoms with Crippen LogP contribution in [0.25, 0.3) is 0 Å². The molecule has 47 heavy (non-hydrogen) atoms. The summed E-state index contributed by atoms with van der Waals surface area (Å²) in [4.78, 5) is 96.2. The molecule has 0 bridgehead atoms. The maximum atomic E-state index is 12.4. The van der Waals surface area contributed by atoms with Crippen LogP contribution in [0.2, 0.25) is 0 Å². The first-order valence-corrected chi connectivity index (χ1v) is 14.2. The fourth-order valence-electron chi connectivity index (χ4n) is 4.80. The lowest BCUT2D eigenvalue weighted by molar-refractivity contribution is -0.313. The van der Waals surface area contributed by atoms with E-state index in [0.717, 1.165) is 26.9 Å². The van der Waals surface area contributed by atoms with E-state index in [0.29, 0.717) is 11.3 Å². The molecule has 1 aliphatic rings. The lowest BCUT2D eigenvalue weighted by Gasteiger charge is -2.37. The molecule has 1 atom stereocenters. The minimum atomic E-state index is -1.63. The highest BCUT2D eigenvalue weighted by atomic mass is 16.4. The zero-order valence-electron chi connectivity index (χ0n) is 25.1. The summed E-state index contributed by atoms with van der Waals surface area (Å²) < 4.78 is 0. The van der Waals surface area contributed by atoms with Crippen molar-refractivity contribution in [3.05, 3.63) is 42.0 Å². The summed E-state index contributed by atoms with van der Waals surface area (Å²) in [5.41, 5.74) is 0.878. The Hall–Kier alpha value is -5.20. The third kappa shape index (κ3) is 14.6. The SMILES string of the molecule is O=C([O-])CN(CCN(CC(=O)[O-])C[C@@H](Cc1ccc(NC(=O)CCCN2C(=O)C=CC2=O)cc1)N(CC(=O)[O-])CC(=O)[O-])CC(=O)[O-]. The third-order valence-electron chi connectivity index (χ3n) is 6.84. The lowest BCUT2D eigenvalue weighted by atomic mass is 10.0. The minimum absolute atomic E-state index is 0.0000546. The van der Waals surface area contributed by atoms with Crippen molar-refractivity contribution >= 4 is 53.3 Å². The van der Waals surface area contributed by atoms with Crippen LogP contribution >= 0.6 is 0 Å². The number of carbonyl (C=O) groups excluding carboxylic acids is 8. The molecule has 0 radical (unpaired) electrons. The molecule has 18 nitrogen and oxygen atoms in total. The molecule has 1 aromatic rings. The number of amides is 3. The normalized spacial score (nSPS) is 13.4. The van der Waals surface area contributed by atoms with Crippen LogP contribution in [-0.4, -0.2) is 132 Å². The van der Waals surface area contributed by atoms with Crippen molar-refractivity contribution in [2.75, 3.05) is 64.2 Å². The van der Waals surface area contributed by atoms with Crippen LogP contribution in [0.3, 0.4) is 0 Å². The maximum Gasteiger partial charge on any atom is 0.253 e. The fraction of sp³-hybridized carbons (Fsp3) is 0.448. The summed E-state index contributed by atoms with van der Waals surface area (Å²) in [7, 11) is 0.